The highest BCUT2D eigenvalue weighted by Crippen LogP contribution is 2.41. The van der Waals surface area contributed by atoms with Gasteiger partial charge >= 0.3 is 0 Å². The quantitative estimate of drug-likeness (QED) is 0.794. The summed E-state index contributed by atoms with van der Waals surface area (Å²) in [6.07, 6.45) is 9.06. The summed E-state index contributed by atoms with van der Waals surface area (Å²) in [5.41, 5.74) is 2.20. The van der Waals surface area contributed by atoms with Crippen molar-refractivity contribution in [3.05, 3.63) is 71.8 Å². The highest BCUT2D eigenvalue weighted by Gasteiger charge is 2.32. The zero-order valence-electron chi connectivity index (χ0n) is 12.0. The largest absolute Gasteiger partial charge is 0.508 e. The number of phenolic OH excluding ortho intramolecular Hbond substituents is 2. The first-order valence-corrected chi connectivity index (χ1v) is 7.47. The molecule has 2 N–H and O–H groups in total. The third-order valence-corrected chi connectivity index (χ3v) is 4.36. The van der Waals surface area contributed by atoms with Gasteiger partial charge < -0.3 is 10.2 Å². The van der Waals surface area contributed by atoms with Crippen LogP contribution in [0.5, 0.6) is 11.5 Å². The predicted octanol–water partition coefficient (Wildman–Crippen LogP) is 4.51. The van der Waals surface area contributed by atoms with E-state index >= 15 is 0 Å². The van der Waals surface area contributed by atoms with Crippen LogP contribution in [-0.4, -0.2) is 10.2 Å². The standard InChI is InChI=1S/C19H20O2/c20-17-9-5-15(6-10-17)19(13-3-1-2-4-14-19)16-7-11-18(21)12-8-16/h3,5-13,20-21H,1-2,4,14H2. The number of aromatic hydroxyl groups is 2. The molecule has 108 valence electrons. The van der Waals surface area contributed by atoms with Crippen LogP contribution in [-0.2, 0) is 5.41 Å². The van der Waals surface area contributed by atoms with Crippen molar-refractivity contribution >= 4 is 0 Å². The molecule has 2 aromatic carbocycles. The Kier molecular flexibility index (Phi) is 3.70. The Morgan fingerprint density at radius 1 is 0.714 bits per heavy atom. The van der Waals surface area contributed by atoms with E-state index in [1.54, 1.807) is 24.3 Å². The van der Waals surface area contributed by atoms with Crippen LogP contribution in [0.4, 0.5) is 0 Å². The summed E-state index contributed by atoms with van der Waals surface area (Å²) >= 11 is 0. The lowest BCUT2D eigenvalue weighted by Gasteiger charge is -2.32. The van der Waals surface area contributed by atoms with Crippen molar-refractivity contribution in [2.75, 3.05) is 0 Å². The second kappa shape index (κ2) is 5.65. The number of hydrogen-bond donors (Lipinski definition) is 2. The molecule has 0 heterocycles. The van der Waals surface area contributed by atoms with Crippen LogP contribution in [0.2, 0.25) is 0 Å². The van der Waals surface area contributed by atoms with Crippen LogP contribution in [0.15, 0.2) is 60.7 Å². The van der Waals surface area contributed by atoms with Crippen molar-refractivity contribution in [2.45, 2.75) is 31.1 Å². The van der Waals surface area contributed by atoms with E-state index in [1.807, 2.05) is 24.3 Å². The van der Waals surface area contributed by atoms with Gasteiger partial charge in [0, 0.05) is 5.41 Å². The zero-order valence-corrected chi connectivity index (χ0v) is 12.0. The fraction of sp³-hybridized carbons (Fsp3) is 0.263. The highest BCUT2D eigenvalue weighted by atomic mass is 16.3. The third-order valence-electron chi connectivity index (χ3n) is 4.36. The van der Waals surface area contributed by atoms with Gasteiger partial charge in [0.2, 0.25) is 0 Å². The topological polar surface area (TPSA) is 40.5 Å². The summed E-state index contributed by atoms with van der Waals surface area (Å²) in [5, 5.41) is 19.1. The van der Waals surface area contributed by atoms with Crippen LogP contribution in [0.25, 0.3) is 0 Å². The van der Waals surface area contributed by atoms with Crippen molar-refractivity contribution in [3.8, 4) is 11.5 Å². The fourth-order valence-corrected chi connectivity index (χ4v) is 3.20. The fourth-order valence-electron chi connectivity index (χ4n) is 3.20. The van der Waals surface area contributed by atoms with Crippen molar-refractivity contribution < 1.29 is 10.2 Å². The summed E-state index contributed by atoms with van der Waals surface area (Å²) in [6.45, 7) is 0. The van der Waals surface area contributed by atoms with Gasteiger partial charge in [-0.25, -0.2) is 0 Å². The Morgan fingerprint density at radius 3 is 1.76 bits per heavy atom. The maximum absolute atomic E-state index is 9.55. The molecule has 2 nitrogen and oxygen atoms in total. The van der Waals surface area contributed by atoms with Gasteiger partial charge in [-0.3, -0.25) is 0 Å². The highest BCUT2D eigenvalue weighted by molar-refractivity contribution is 5.47. The normalized spacial score (nSPS) is 17.3. The van der Waals surface area contributed by atoms with E-state index in [9.17, 15) is 10.2 Å². The number of benzene rings is 2. The maximum Gasteiger partial charge on any atom is 0.115 e. The Hall–Kier alpha value is -2.22. The number of phenols is 2. The summed E-state index contributed by atoms with van der Waals surface area (Å²) in [4.78, 5) is 0. The van der Waals surface area contributed by atoms with Gasteiger partial charge in [-0.2, -0.15) is 0 Å². The predicted molar refractivity (Wildman–Crippen MR) is 84.6 cm³/mol. The molecule has 0 saturated heterocycles. The lowest BCUT2D eigenvalue weighted by molar-refractivity contribution is 0.473. The van der Waals surface area contributed by atoms with E-state index in [1.165, 1.54) is 17.5 Å². The van der Waals surface area contributed by atoms with Crippen molar-refractivity contribution in [3.63, 3.8) is 0 Å². The molecule has 1 aliphatic carbocycles. The van der Waals surface area contributed by atoms with E-state index < -0.39 is 0 Å². The first-order valence-electron chi connectivity index (χ1n) is 7.47. The van der Waals surface area contributed by atoms with Crippen LogP contribution in [0.3, 0.4) is 0 Å². The minimum absolute atomic E-state index is 0.169. The van der Waals surface area contributed by atoms with Gasteiger partial charge in [0.15, 0.2) is 0 Å². The summed E-state index contributed by atoms with van der Waals surface area (Å²) < 4.78 is 0. The number of allylic oxidation sites excluding steroid dienone is 2. The van der Waals surface area contributed by atoms with Crippen molar-refractivity contribution in [2.24, 2.45) is 0 Å². The van der Waals surface area contributed by atoms with Crippen molar-refractivity contribution in [1.29, 1.82) is 0 Å². The molecule has 0 aromatic heterocycles. The first-order chi connectivity index (χ1) is 10.2. The molecular weight excluding hydrogens is 260 g/mol. The summed E-state index contributed by atoms with van der Waals surface area (Å²) in [7, 11) is 0. The Labute approximate surface area is 125 Å². The second-order valence-electron chi connectivity index (χ2n) is 5.71. The molecule has 3 rings (SSSR count). The van der Waals surface area contributed by atoms with Gasteiger partial charge in [-0.15, -0.1) is 0 Å². The molecule has 0 fully saturated rings. The van der Waals surface area contributed by atoms with Gasteiger partial charge in [0.05, 0.1) is 0 Å². The lowest BCUT2D eigenvalue weighted by Crippen LogP contribution is -2.24. The SMILES string of the molecule is Oc1ccc(C2(c3ccc(O)cc3)C=CCCCC2)cc1. The molecule has 0 bridgehead atoms. The minimum Gasteiger partial charge on any atom is -0.508 e. The molecule has 1 aliphatic rings. The van der Waals surface area contributed by atoms with E-state index in [0.29, 0.717) is 0 Å². The van der Waals surface area contributed by atoms with Crippen LogP contribution in [0, 0.1) is 0 Å². The van der Waals surface area contributed by atoms with E-state index in [2.05, 4.69) is 12.2 Å². The Morgan fingerprint density at radius 2 is 1.24 bits per heavy atom. The zero-order chi connectivity index (χ0) is 14.7. The maximum atomic E-state index is 9.55. The number of rotatable bonds is 2. The molecule has 0 radical (unpaired) electrons. The van der Waals surface area contributed by atoms with Gasteiger partial charge in [-0.05, 0) is 54.7 Å². The summed E-state index contributed by atoms with van der Waals surface area (Å²) in [6, 6.07) is 15.0. The van der Waals surface area contributed by atoms with Gasteiger partial charge in [-0.1, -0.05) is 42.8 Å². The average Bonchev–Trinajstić information content (AvgIpc) is 2.75. The molecule has 2 heteroatoms. The molecule has 0 atom stereocenters. The molecule has 21 heavy (non-hydrogen) atoms. The first kappa shape index (κ1) is 13.7. The lowest BCUT2D eigenvalue weighted by atomic mass is 9.71. The van der Waals surface area contributed by atoms with Crippen LogP contribution < -0.4 is 0 Å². The molecule has 0 amide bonds. The Bertz CT molecular complexity index is 578. The van der Waals surface area contributed by atoms with Gasteiger partial charge in [0.1, 0.15) is 11.5 Å². The average molecular weight is 280 g/mol. The molecule has 0 spiro atoms. The molecule has 2 aromatic rings. The molecule has 0 aliphatic heterocycles. The second-order valence-corrected chi connectivity index (χ2v) is 5.71. The molecule has 0 unspecified atom stereocenters. The van der Waals surface area contributed by atoms with E-state index in [4.69, 9.17) is 0 Å². The van der Waals surface area contributed by atoms with Crippen LogP contribution in [0.1, 0.15) is 36.8 Å². The van der Waals surface area contributed by atoms with Crippen molar-refractivity contribution in [1.82, 2.24) is 0 Å². The van der Waals surface area contributed by atoms with E-state index in [-0.39, 0.29) is 16.9 Å². The van der Waals surface area contributed by atoms with Crippen LogP contribution >= 0.6 is 0 Å². The monoisotopic (exact) mass is 280 g/mol. The molecular formula is C19H20O2. The van der Waals surface area contributed by atoms with Gasteiger partial charge in [0.25, 0.3) is 0 Å². The minimum atomic E-state index is -0.169. The Balaban J connectivity index is 2.14. The van der Waals surface area contributed by atoms with E-state index in [0.717, 1.165) is 19.3 Å². The molecule has 0 saturated carbocycles. The summed E-state index contributed by atoms with van der Waals surface area (Å²) in [5.74, 6) is 0.578. The smallest absolute Gasteiger partial charge is 0.115 e. The number of hydrogen-bond acceptors (Lipinski definition) is 2. The third kappa shape index (κ3) is 2.66.